The molecule has 2 amide bonds. The molecule has 3 aromatic carbocycles. The number of carbonyl (C=O) groups is 3. The third-order valence-electron chi connectivity index (χ3n) is 5.20. The molecule has 0 N–H and O–H groups in total. The Labute approximate surface area is 224 Å². The highest BCUT2D eigenvalue weighted by atomic mass is 35.5. The summed E-state index contributed by atoms with van der Waals surface area (Å²) in [7, 11) is 1.39. The Hall–Kier alpha value is -3.86. The second kappa shape index (κ2) is 11.0. The molecule has 12 heteroatoms. The van der Waals surface area contributed by atoms with Gasteiger partial charge in [0.15, 0.2) is 11.5 Å². The lowest BCUT2D eigenvalue weighted by atomic mass is 10.1. The van der Waals surface area contributed by atoms with Gasteiger partial charge in [0.2, 0.25) is 0 Å². The Balaban J connectivity index is 1.50. The average molecular weight is 559 g/mol. The van der Waals surface area contributed by atoms with Crippen molar-refractivity contribution in [1.82, 2.24) is 4.90 Å². The Bertz CT molecular complexity index is 1460. The molecule has 9 nitrogen and oxygen atoms in total. The first-order valence-corrected chi connectivity index (χ1v) is 12.1. The molecule has 0 spiro atoms. The minimum atomic E-state index is -0.708. The van der Waals surface area contributed by atoms with Crippen LogP contribution in [0.3, 0.4) is 0 Å². The summed E-state index contributed by atoms with van der Waals surface area (Å²) in [5, 5.41) is 10.9. The standard InChI is InChI=1S/C25H16Cl2N2O7S/c1-35-21-10-15(4-9-20(21)36-24(31)18-8-5-16(26)12-19(18)27)11-22-23(30)28(25(32)37-22)13-14-2-6-17(7-3-14)29(33)34/h2-12H,13H2,1H3/b22-11-. The number of esters is 1. The maximum Gasteiger partial charge on any atom is 0.345 e. The van der Waals surface area contributed by atoms with E-state index in [4.69, 9.17) is 32.7 Å². The molecule has 4 rings (SSSR count). The van der Waals surface area contributed by atoms with Gasteiger partial charge in [0.1, 0.15) is 0 Å². The van der Waals surface area contributed by atoms with Gasteiger partial charge in [0, 0.05) is 17.2 Å². The van der Waals surface area contributed by atoms with Crippen LogP contribution in [-0.4, -0.2) is 34.0 Å². The minimum absolute atomic E-state index is 0.0224. The second-order valence-corrected chi connectivity index (χ2v) is 9.45. The van der Waals surface area contributed by atoms with Gasteiger partial charge in [-0.15, -0.1) is 0 Å². The number of hydrogen-bond donors (Lipinski definition) is 0. The SMILES string of the molecule is COc1cc(/C=C2\SC(=O)N(Cc3ccc([N+](=O)[O-])cc3)C2=O)ccc1OC(=O)c1ccc(Cl)cc1Cl. The summed E-state index contributed by atoms with van der Waals surface area (Å²) < 4.78 is 10.8. The van der Waals surface area contributed by atoms with E-state index in [-0.39, 0.29) is 39.2 Å². The Morgan fingerprint density at radius 1 is 1.05 bits per heavy atom. The topological polar surface area (TPSA) is 116 Å². The van der Waals surface area contributed by atoms with Gasteiger partial charge >= 0.3 is 5.97 Å². The Kier molecular flexibility index (Phi) is 7.82. The number of nitro benzene ring substituents is 1. The highest BCUT2D eigenvalue weighted by Gasteiger charge is 2.35. The van der Waals surface area contributed by atoms with Crippen molar-refractivity contribution < 1.29 is 28.8 Å². The van der Waals surface area contributed by atoms with Crippen LogP contribution in [0.25, 0.3) is 6.08 Å². The summed E-state index contributed by atoms with van der Waals surface area (Å²) in [4.78, 5) is 49.4. The van der Waals surface area contributed by atoms with Crippen LogP contribution in [0.4, 0.5) is 10.5 Å². The van der Waals surface area contributed by atoms with Gasteiger partial charge in [-0.25, -0.2) is 4.79 Å². The molecule has 1 fully saturated rings. The molecule has 0 radical (unpaired) electrons. The number of benzene rings is 3. The van der Waals surface area contributed by atoms with Crippen molar-refractivity contribution in [2.24, 2.45) is 0 Å². The maximum absolute atomic E-state index is 12.9. The summed E-state index contributed by atoms with van der Waals surface area (Å²) in [6.07, 6.45) is 1.52. The predicted molar refractivity (Wildman–Crippen MR) is 139 cm³/mol. The summed E-state index contributed by atoms with van der Waals surface area (Å²) in [5.74, 6) is -0.862. The van der Waals surface area contributed by atoms with E-state index in [2.05, 4.69) is 0 Å². The van der Waals surface area contributed by atoms with E-state index in [9.17, 15) is 24.5 Å². The number of ether oxygens (including phenoxy) is 2. The average Bonchev–Trinajstić information content (AvgIpc) is 3.12. The molecule has 0 atom stereocenters. The summed E-state index contributed by atoms with van der Waals surface area (Å²) in [6.45, 7) is -0.0224. The van der Waals surface area contributed by atoms with Gasteiger partial charge in [-0.1, -0.05) is 41.4 Å². The Morgan fingerprint density at radius 2 is 1.78 bits per heavy atom. The lowest BCUT2D eigenvalue weighted by molar-refractivity contribution is -0.384. The van der Waals surface area contributed by atoms with Crippen LogP contribution in [-0.2, 0) is 11.3 Å². The van der Waals surface area contributed by atoms with Crippen LogP contribution < -0.4 is 9.47 Å². The van der Waals surface area contributed by atoms with Gasteiger partial charge in [-0.05, 0) is 59.3 Å². The van der Waals surface area contributed by atoms with Gasteiger partial charge in [0.05, 0.1) is 34.1 Å². The number of halogens is 2. The molecule has 3 aromatic rings. The zero-order valence-corrected chi connectivity index (χ0v) is 21.3. The lowest BCUT2D eigenvalue weighted by Crippen LogP contribution is -2.27. The predicted octanol–water partition coefficient (Wildman–Crippen LogP) is 6.37. The molecule has 1 aliphatic heterocycles. The normalized spacial score (nSPS) is 14.2. The second-order valence-electron chi connectivity index (χ2n) is 7.62. The fourth-order valence-corrected chi connectivity index (χ4v) is 4.69. The molecule has 0 aromatic heterocycles. The molecular formula is C25H16Cl2N2O7S. The van der Waals surface area contributed by atoms with Crippen molar-refractivity contribution in [2.75, 3.05) is 7.11 Å². The molecule has 37 heavy (non-hydrogen) atoms. The molecule has 1 saturated heterocycles. The number of nitro groups is 1. The quantitative estimate of drug-likeness (QED) is 0.108. The first-order chi connectivity index (χ1) is 17.7. The molecule has 1 aliphatic rings. The third-order valence-corrected chi connectivity index (χ3v) is 6.66. The smallest absolute Gasteiger partial charge is 0.345 e. The molecule has 0 bridgehead atoms. The number of amides is 2. The van der Waals surface area contributed by atoms with E-state index in [0.29, 0.717) is 16.1 Å². The van der Waals surface area contributed by atoms with Crippen molar-refractivity contribution in [3.05, 3.63) is 102 Å². The number of carbonyl (C=O) groups excluding carboxylic acids is 3. The number of imide groups is 1. The van der Waals surface area contributed by atoms with E-state index in [1.165, 1.54) is 61.7 Å². The van der Waals surface area contributed by atoms with Crippen molar-refractivity contribution in [3.8, 4) is 11.5 Å². The highest BCUT2D eigenvalue weighted by molar-refractivity contribution is 8.18. The fourth-order valence-electron chi connectivity index (χ4n) is 3.36. The first-order valence-electron chi connectivity index (χ1n) is 10.5. The highest BCUT2D eigenvalue weighted by Crippen LogP contribution is 2.36. The monoisotopic (exact) mass is 558 g/mol. The first kappa shape index (κ1) is 26.2. The largest absolute Gasteiger partial charge is 0.493 e. The van der Waals surface area contributed by atoms with Crippen LogP contribution in [0.15, 0.2) is 65.6 Å². The fraction of sp³-hybridized carbons (Fsp3) is 0.0800. The number of non-ortho nitro benzene ring substituents is 1. The molecular weight excluding hydrogens is 543 g/mol. The molecule has 0 aliphatic carbocycles. The lowest BCUT2D eigenvalue weighted by Gasteiger charge is -2.12. The zero-order chi connectivity index (χ0) is 26.7. The van der Waals surface area contributed by atoms with Crippen molar-refractivity contribution in [3.63, 3.8) is 0 Å². The number of methoxy groups -OCH3 is 1. The Morgan fingerprint density at radius 3 is 2.43 bits per heavy atom. The van der Waals surface area contributed by atoms with Crippen LogP contribution in [0.1, 0.15) is 21.5 Å². The van der Waals surface area contributed by atoms with Gasteiger partial charge in [0.25, 0.3) is 16.8 Å². The van der Waals surface area contributed by atoms with E-state index >= 15 is 0 Å². The summed E-state index contributed by atoms with van der Waals surface area (Å²) in [6, 6.07) is 14.6. The summed E-state index contributed by atoms with van der Waals surface area (Å²) >= 11 is 12.7. The van der Waals surface area contributed by atoms with Crippen LogP contribution >= 0.6 is 35.0 Å². The van der Waals surface area contributed by atoms with E-state index in [1.54, 1.807) is 12.1 Å². The van der Waals surface area contributed by atoms with Gasteiger partial charge in [-0.2, -0.15) is 0 Å². The zero-order valence-electron chi connectivity index (χ0n) is 19.0. The van der Waals surface area contributed by atoms with E-state index in [1.807, 2.05) is 0 Å². The van der Waals surface area contributed by atoms with Crippen LogP contribution in [0.5, 0.6) is 11.5 Å². The van der Waals surface area contributed by atoms with Crippen molar-refractivity contribution in [1.29, 1.82) is 0 Å². The number of thioether (sulfide) groups is 1. The van der Waals surface area contributed by atoms with Crippen LogP contribution in [0.2, 0.25) is 10.0 Å². The van der Waals surface area contributed by atoms with Crippen molar-refractivity contribution in [2.45, 2.75) is 6.54 Å². The third kappa shape index (κ3) is 5.93. The van der Waals surface area contributed by atoms with E-state index < -0.39 is 22.0 Å². The van der Waals surface area contributed by atoms with Gasteiger partial charge < -0.3 is 9.47 Å². The molecule has 0 saturated carbocycles. The maximum atomic E-state index is 12.9. The molecule has 188 valence electrons. The van der Waals surface area contributed by atoms with Crippen LogP contribution in [0, 0.1) is 10.1 Å². The number of hydrogen-bond acceptors (Lipinski definition) is 8. The number of rotatable bonds is 7. The van der Waals surface area contributed by atoms with E-state index in [0.717, 1.165) is 16.7 Å². The number of nitrogens with zero attached hydrogens (tertiary/aromatic N) is 2. The van der Waals surface area contributed by atoms with Crippen molar-refractivity contribution >= 4 is 63.8 Å². The minimum Gasteiger partial charge on any atom is -0.493 e. The summed E-state index contributed by atoms with van der Waals surface area (Å²) in [5.41, 5.74) is 1.14. The van der Waals surface area contributed by atoms with Gasteiger partial charge in [-0.3, -0.25) is 24.6 Å². The molecule has 0 unspecified atom stereocenters. The molecule has 1 heterocycles.